The molecule has 160 valence electrons. The molecule has 3 amide bonds. The minimum atomic E-state index is -0.744. The molecule has 9 heteroatoms. The third-order valence-electron chi connectivity index (χ3n) is 4.73. The summed E-state index contributed by atoms with van der Waals surface area (Å²) in [6.07, 6.45) is 3.51. The summed E-state index contributed by atoms with van der Waals surface area (Å²) in [6.45, 7) is 5.06. The van der Waals surface area contributed by atoms with E-state index < -0.39 is 24.5 Å². The molecule has 2 heterocycles. The molecule has 2 aromatic heterocycles. The summed E-state index contributed by atoms with van der Waals surface area (Å²) < 4.78 is 6.62. The van der Waals surface area contributed by atoms with Gasteiger partial charge in [-0.05, 0) is 49.6 Å². The molecule has 0 spiro atoms. The lowest BCUT2D eigenvalue weighted by Gasteiger charge is -2.11. The molecule has 0 atom stereocenters. The Labute approximate surface area is 179 Å². The lowest BCUT2D eigenvalue weighted by Crippen LogP contribution is -2.37. The molecule has 0 fully saturated rings. The Hall–Kier alpha value is -4.01. The second-order valence-electron chi connectivity index (χ2n) is 6.78. The summed E-state index contributed by atoms with van der Waals surface area (Å²) in [5.41, 5.74) is 3.35. The number of urea groups is 1. The van der Waals surface area contributed by atoms with E-state index in [0.29, 0.717) is 23.6 Å². The molecular formula is C22H23N5O4. The van der Waals surface area contributed by atoms with Gasteiger partial charge in [-0.15, -0.1) is 0 Å². The van der Waals surface area contributed by atoms with Crippen LogP contribution in [0, 0.1) is 13.8 Å². The van der Waals surface area contributed by atoms with E-state index in [-0.39, 0.29) is 5.56 Å². The number of hydrogen-bond donors (Lipinski definition) is 2. The fourth-order valence-corrected chi connectivity index (χ4v) is 2.97. The molecule has 0 saturated heterocycles. The minimum absolute atomic E-state index is 0.237. The highest BCUT2D eigenvalue weighted by molar-refractivity contribution is 6.02. The fraction of sp³-hybridized carbons (Fsp3) is 0.227. The van der Waals surface area contributed by atoms with Crippen LogP contribution in [0.1, 0.15) is 34.1 Å². The normalized spacial score (nSPS) is 10.4. The Morgan fingerprint density at radius 1 is 1.10 bits per heavy atom. The lowest BCUT2D eigenvalue weighted by atomic mass is 10.1. The molecule has 3 rings (SSSR count). The van der Waals surface area contributed by atoms with Crippen LogP contribution in [-0.2, 0) is 16.0 Å². The average molecular weight is 421 g/mol. The van der Waals surface area contributed by atoms with Crippen LogP contribution in [0.15, 0.2) is 48.8 Å². The van der Waals surface area contributed by atoms with E-state index in [2.05, 4.69) is 20.7 Å². The van der Waals surface area contributed by atoms with Crippen LogP contribution < -0.4 is 10.6 Å². The van der Waals surface area contributed by atoms with Gasteiger partial charge in [0, 0.05) is 11.9 Å². The van der Waals surface area contributed by atoms with Gasteiger partial charge in [0.05, 0.1) is 11.9 Å². The standard InChI is InChI=1S/C22H23N5O4/c1-4-18-16(12-24-27(18)19-10-5-6-11-23-19)21(29)31-13-20(28)26-22(30)25-17-9-7-8-14(2)15(17)3/h5-12H,4,13H2,1-3H3,(H2,25,26,28,30). The number of carbonyl (C=O) groups excluding carboxylic acids is 3. The van der Waals surface area contributed by atoms with Crippen LogP contribution in [0.2, 0.25) is 0 Å². The number of pyridine rings is 1. The van der Waals surface area contributed by atoms with E-state index in [9.17, 15) is 14.4 Å². The molecule has 0 aliphatic heterocycles. The van der Waals surface area contributed by atoms with Crippen LogP contribution in [-0.4, -0.2) is 39.3 Å². The van der Waals surface area contributed by atoms with Crippen molar-refractivity contribution in [2.45, 2.75) is 27.2 Å². The Kier molecular flexibility index (Phi) is 6.76. The zero-order chi connectivity index (χ0) is 22.4. The van der Waals surface area contributed by atoms with Crippen molar-refractivity contribution in [1.82, 2.24) is 20.1 Å². The van der Waals surface area contributed by atoms with Gasteiger partial charge in [-0.1, -0.05) is 25.1 Å². The maximum atomic E-state index is 12.5. The van der Waals surface area contributed by atoms with Crippen molar-refractivity contribution in [3.05, 3.63) is 71.2 Å². The maximum Gasteiger partial charge on any atom is 0.342 e. The van der Waals surface area contributed by atoms with Crippen molar-refractivity contribution in [2.24, 2.45) is 0 Å². The number of esters is 1. The van der Waals surface area contributed by atoms with Crippen molar-refractivity contribution in [2.75, 3.05) is 11.9 Å². The molecule has 3 aromatic rings. The van der Waals surface area contributed by atoms with Gasteiger partial charge in [0.15, 0.2) is 12.4 Å². The van der Waals surface area contributed by atoms with Gasteiger partial charge in [0.2, 0.25) is 0 Å². The van der Waals surface area contributed by atoms with Crippen molar-refractivity contribution in [3.8, 4) is 5.82 Å². The zero-order valence-corrected chi connectivity index (χ0v) is 17.5. The van der Waals surface area contributed by atoms with E-state index >= 15 is 0 Å². The van der Waals surface area contributed by atoms with E-state index in [4.69, 9.17) is 4.74 Å². The van der Waals surface area contributed by atoms with Gasteiger partial charge in [-0.25, -0.2) is 19.3 Å². The number of rotatable bonds is 6. The molecule has 2 N–H and O–H groups in total. The molecule has 31 heavy (non-hydrogen) atoms. The highest BCUT2D eigenvalue weighted by atomic mass is 16.5. The second-order valence-corrected chi connectivity index (χ2v) is 6.78. The van der Waals surface area contributed by atoms with Crippen molar-refractivity contribution in [3.63, 3.8) is 0 Å². The van der Waals surface area contributed by atoms with Gasteiger partial charge >= 0.3 is 12.0 Å². The predicted octanol–water partition coefficient (Wildman–Crippen LogP) is 2.95. The highest BCUT2D eigenvalue weighted by Gasteiger charge is 2.20. The highest BCUT2D eigenvalue weighted by Crippen LogP contribution is 2.18. The number of hydrogen-bond acceptors (Lipinski definition) is 6. The number of amides is 3. The SMILES string of the molecule is CCc1c(C(=O)OCC(=O)NC(=O)Nc2cccc(C)c2C)cnn1-c1ccccn1. The first-order valence-electron chi connectivity index (χ1n) is 9.73. The smallest absolute Gasteiger partial charge is 0.342 e. The molecule has 0 bridgehead atoms. The Balaban J connectivity index is 1.58. The summed E-state index contributed by atoms with van der Waals surface area (Å²) in [6, 6.07) is 10.1. The number of carbonyl (C=O) groups is 3. The molecule has 0 unspecified atom stereocenters. The van der Waals surface area contributed by atoms with Gasteiger partial charge in [-0.3, -0.25) is 10.1 Å². The molecule has 0 saturated carbocycles. The fourth-order valence-electron chi connectivity index (χ4n) is 2.97. The first kappa shape index (κ1) is 21.7. The van der Waals surface area contributed by atoms with Crippen molar-refractivity contribution >= 4 is 23.6 Å². The number of aromatic nitrogens is 3. The number of benzene rings is 1. The first-order valence-corrected chi connectivity index (χ1v) is 9.73. The van der Waals surface area contributed by atoms with Crippen molar-refractivity contribution < 1.29 is 19.1 Å². The van der Waals surface area contributed by atoms with Crippen LogP contribution >= 0.6 is 0 Å². The van der Waals surface area contributed by atoms with Crippen LogP contribution in [0.4, 0.5) is 10.5 Å². The Morgan fingerprint density at radius 3 is 2.61 bits per heavy atom. The van der Waals surface area contributed by atoms with Gasteiger partial charge in [0.25, 0.3) is 5.91 Å². The average Bonchev–Trinajstić information content (AvgIpc) is 3.20. The molecule has 9 nitrogen and oxygen atoms in total. The number of imide groups is 1. The number of aryl methyl sites for hydroxylation is 1. The summed E-state index contributed by atoms with van der Waals surface area (Å²) in [5, 5.41) is 8.96. The number of anilines is 1. The first-order chi connectivity index (χ1) is 14.9. The van der Waals surface area contributed by atoms with Crippen LogP contribution in [0.25, 0.3) is 5.82 Å². The summed E-state index contributed by atoms with van der Waals surface area (Å²) in [7, 11) is 0. The van der Waals surface area contributed by atoms with E-state index in [1.807, 2.05) is 32.9 Å². The summed E-state index contributed by atoms with van der Waals surface area (Å²) >= 11 is 0. The van der Waals surface area contributed by atoms with E-state index in [1.165, 1.54) is 6.20 Å². The predicted molar refractivity (Wildman–Crippen MR) is 114 cm³/mol. The van der Waals surface area contributed by atoms with Gasteiger partial charge < -0.3 is 10.1 Å². The maximum absolute atomic E-state index is 12.5. The minimum Gasteiger partial charge on any atom is -0.452 e. The second kappa shape index (κ2) is 9.66. The molecule has 1 aromatic carbocycles. The number of nitrogens with zero attached hydrogens (tertiary/aromatic N) is 3. The Bertz CT molecular complexity index is 1110. The monoisotopic (exact) mass is 421 g/mol. The molecule has 0 aliphatic rings. The molecule has 0 aliphatic carbocycles. The molecular weight excluding hydrogens is 398 g/mol. The molecule has 0 radical (unpaired) electrons. The topological polar surface area (TPSA) is 115 Å². The third kappa shape index (κ3) is 5.13. The zero-order valence-electron chi connectivity index (χ0n) is 17.5. The van der Waals surface area contributed by atoms with E-state index in [1.54, 1.807) is 35.1 Å². The summed E-state index contributed by atoms with van der Waals surface area (Å²) in [5.74, 6) is -0.880. The lowest BCUT2D eigenvalue weighted by molar-refractivity contribution is -0.123. The number of nitrogens with one attached hydrogen (secondary N) is 2. The van der Waals surface area contributed by atoms with E-state index in [0.717, 1.165) is 11.1 Å². The van der Waals surface area contributed by atoms with Gasteiger partial charge in [-0.2, -0.15) is 5.10 Å². The van der Waals surface area contributed by atoms with Crippen LogP contribution in [0.5, 0.6) is 0 Å². The van der Waals surface area contributed by atoms with Crippen LogP contribution in [0.3, 0.4) is 0 Å². The Morgan fingerprint density at radius 2 is 1.90 bits per heavy atom. The number of ether oxygens (including phenoxy) is 1. The van der Waals surface area contributed by atoms with Crippen molar-refractivity contribution in [1.29, 1.82) is 0 Å². The summed E-state index contributed by atoms with van der Waals surface area (Å²) in [4.78, 5) is 40.8. The third-order valence-corrected chi connectivity index (χ3v) is 4.73. The largest absolute Gasteiger partial charge is 0.452 e. The quantitative estimate of drug-likeness (QED) is 0.592. The van der Waals surface area contributed by atoms with Gasteiger partial charge in [0.1, 0.15) is 5.56 Å².